The largest absolute Gasteiger partial charge is 0.491 e. The molecule has 2 aromatic rings. The van der Waals surface area contributed by atoms with Gasteiger partial charge in [-0.3, -0.25) is 4.79 Å². The molecule has 0 aromatic heterocycles. The van der Waals surface area contributed by atoms with Gasteiger partial charge in [0.2, 0.25) is 0 Å². The van der Waals surface area contributed by atoms with Gasteiger partial charge < -0.3 is 14.6 Å². The van der Waals surface area contributed by atoms with Gasteiger partial charge in [0.05, 0.1) is 6.61 Å². The molecule has 0 spiro atoms. The van der Waals surface area contributed by atoms with Crippen molar-refractivity contribution in [2.24, 2.45) is 0 Å². The molecule has 0 radical (unpaired) electrons. The van der Waals surface area contributed by atoms with Gasteiger partial charge in [0.1, 0.15) is 12.4 Å². The second-order valence-electron chi connectivity index (χ2n) is 5.29. The minimum absolute atomic E-state index is 0.126. The molecule has 0 amide bonds. The lowest BCUT2D eigenvalue weighted by molar-refractivity contribution is -0.156. The molecule has 1 aliphatic rings. The van der Waals surface area contributed by atoms with Gasteiger partial charge in [0.15, 0.2) is 4.93 Å². The molecule has 0 bridgehead atoms. The summed E-state index contributed by atoms with van der Waals surface area (Å²) in [5.74, 6) is -1.72. The Morgan fingerprint density at radius 2 is 1.92 bits per heavy atom. The van der Waals surface area contributed by atoms with E-state index in [4.69, 9.17) is 14.6 Å². The summed E-state index contributed by atoms with van der Waals surface area (Å²) in [6.07, 6.45) is 1.98. The third kappa shape index (κ3) is 3.44. The fourth-order valence-corrected chi connectivity index (χ4v) is 3.45. The van der Waals surface area contributed by atoms with E-state index >= 15 is 0 Å². The first kappa shape index (κ1) is 16.5. The van der Waals surface area contributed by atoms with Crippen molar-refractivity contribution in [3.63, 3.8) is 0 Å². The Labute approximate surface area is 143 Å². The molecule has 124 valence electrons. The zero-order chi connectivity index (χ0) is 17.0. The molecule has 6 heteroatoms. The van der Waals surface area contributed by atoms with E-state index in [0.717, 1.165) is 22.5 Å². The minimum atomic E-state index is -1.48. The zero-order valence-corrected chi connectivity index (χ0v) is 13.6. The van der Waals surface area contributed by atoms with E-state index < -0.39 is 16.7 Å². The highest BCUT2D eigenvalue weighted by Crippen LogP contribution is 2.38. The van der Waals surface area contributed by atoms with E-state index in [1.807, 2.05) is 42.5 Å². The van der Waals surface area contributed by atoms with E-state index in [1.165, 1.54) is 0 Å². The molecular weight excluding hydrogens is 328 g/mol. The second-order valence-corrected chi connectivity index (χ2v) is 6.45. The fourth-order valence-electron chi connectivity index (χ4n) is 2.50. The fraction of sp³-hybridized carbons (Fsp3) is 0.222. The number of fused-ring (bicyclic) bond motifs is 1. The first-order valence-corrected chi connectivity index (χ1v) is 8.35. The molecule has 3 rings (SSSR count). The molecule has 0 saturated heterocycles. The monoisotopic (exact) mass is 344 g/mol. The standard InChI is InChI=1S/C18H16O5S/c19-16(17(20)21)18(8-3-11-24-18)23-10-9-22-15-7-6-13-4-1-2-5-14(13)12-15/h1-7,11-12H,8-10H2,(H,20,21). The number of rotatable bonds is 7. The molecule has 1 atom stereocenters. The molecule has 2 aromatic carbocycles. The lowest BCUT2D eigenvalue weighted by Gasteiger charge is -2.24. The lowest BCUT2D eigenvalue weighted by Crippen LogP contribution is -2.41. The van der Waals surface area contributed by atoms with Gasteiger partial charge in [0, 0.05) is 6.42 Å². The Bertz CT molecular complexity index is 791. The van der Waals surface area contributed by atoms with E-state index in [9.17, 15) is 9.59 Å². The second kappa shape index (κ2) is 7.07. The Morgan fingerprint density at radius 1 is 1.12 bits per heavy atom. The third-order valence-electron chi connectivity index (χ3n) is 3.69. The maximum Gasteiger partial charge on any atom is 0.376 e. The van der Waals surface area contributed by atoms with E-state index in [1.54, 1.807) is 11.5 Å². The van der Waals surface area contributed by atoms with Crippen molar-refractivity contribution in [1.29, 1.82) is 0 Å². The molecule has 1 heterocycles. The van der Waals surface area contributed by atoms with Gasteiger partial charge in [-0.1, -0.05) is 48.2 Å². The van der Waals surface area contributed by atoms with Gasteiger partial charge in [-0.05, 0) is 28.3 Å². The number of aliphatic carboxylic acids is 1. The number of carbonyl (C=O) groups is 2. The number of ether oxygens (including phenoxy) is 2. The number of hydrogen-bond acceptors (Lipinski definition) is 5. The highest BCUT2D eigenvalue weighted by molar-refractivity contribution is 8.04. The molecule has 0 aliphatic carbocycles. The summed E-state index contributed by atoms with van der Waals surface area (Å²) >= 11 is 1.09. The number of Topliss-reactive ketones (excluding diaryl/α,β-unsaturated/α-hetero) is 1. The molecule has 1 aliphatic heterocycles. The third-order valence-corrected chi connectivity index (χ3v) is 4.87. The number of thioether (sulfide) groups is 1. The van der Waals surface area contributed by atoms with Crippen molar-refractivity contribution in [3.8, 4) is 5.75 Å². The summed E-state index contributed by atoms with van der Waals surface area (Å²) in [4.78, 5) is 21.5. The number of carbonyl (C=O) groups excluding carboxylic acids is 1. The summed E-state index contributed by atoms with van der Waals surface area (Å²) in [6, 6.07) is 13.7. The van der Waals surface area contributed by atoms with E-state index in [-0.39, 0.29) is 19.6 Å². The van der Waals surface area contributed by atoms with Crippen molar-refractivity contribution in [3.05, 3.63) is 53.9 Å². The number of ketones is 1. The van der Waals surface area contributed by atoms with Gasteiger partial charge in [-0.2, -0.15) is 0 Å². The summed E-state index contributed by atoms with van der Waals surface area (Å²) < 4.78 is 11.2. The molecule has 5 nitrogen and oxygen atoms in total. The first-order chi connectivity index (χ1) is 11.6. The molecule has 0 saturated carbocycles. The van der Waals surface area contributed by atoms with Crippen LogP contribution in [0.25, 0.3) is 10.8 Å². The SMILES string of the molecule is O=C(O)C(=O)C1(OCCOc2ccc3ccccc3c2)CC=CS1. The number of benzene rings is 2. The summed E-state index contributed by atoms with van der Waals surface area (Å²) in [6.45, 7) is 0.355. The van der Waals surface area contributed by atoms with Crippen LogP contribution in [0.1, 0.15) is 6.42 Å². The van der Waals surface area contributed by atoms with Crippen molar-refractivity contribution in [2.75, 3.05) is 13.2 Å². The average molecular weight is 344 g/mol. The average Bonchev–Trinajstić information content (AvgIpc) is 3.08. The van der Waals surface area contributed by atoms with Crippen LogP contribution in [0.2, 0.25) is 0 Å². The molecule has 0 fully saturated rings. The normalized spacial score (nSPS) is 19.5. The smallest absolute Gasteiger partial charge is 0.376 e. The van der Waals surface area contributed by atoms with Crippen LogP contribution < -0.4 is 4.74 Å². The van der Waals surface area contributed by atoms with Crippen LogP contribution in [0.15, 0.2) is 53.9 Å². The molecule has 24 heavy (non-hydrogen) atoms. The van der Waals surface area contributed by atoms with Crippen LogP contribution in [-0.4, -0.2) is 35.0 Å². The number of hydrogen-bond donors (Lipinski definition) is 1. The van der Waals surface area contributed by atoms with Crippen LogP contribution in [0.4, 0.5) is 0 Å². The maximum absolute atomic E-state index is 11.9. The Balaban J connectivity index is 1.57. The maximum atomic E-state index is 11.9. The van der Waals surface area contributed by atoms with Crippen LogP contribution in [-0.2, 0) is 14.3 Å². The summed E-state index contributed by atoms with van der Waals surface area (Å²) in [5.41, 5.74) is 0. The predicted octanol–water partition coefficient (Wildman–Crippen LogP) is 3.24. The van der Waals surface area contributed by atoms with Gasteiger partial charge in [-0.15, -0.1) is 0 Å². The predicted molar refractivity (Wildman–Crippen MR) is 92.1 cm³/mol. The van der Waals surface area contributed by atoms with Gasteiger partial charge in [0.25, 0.3) is 5.78 Å². The Kier molecular flexibility index (Phi) is 4.87. The summed E-state index contributed by atoms with van der Waals surface area (Å²) in [5, 5.41) is 12.8. The van der Waals surface area contributed by atoms with Crippen LogP contribution in [0.5, 0.6) is 5.75 Å². The summed E-state index contributed by atoms with van der Waals surface area (Å²) in [7, 11) is 0. The van der Waals surface area contributed by atoms with E-state index in [0.29, 0.717) is 5.75 Å². The Morgan fingerprint density at radius 3 is 2.62 bits per heavy atom. The topological polar surface area (TPSA) is 72.8 Å². The van der Waals surface area contributed by atoms with Crippen LogP contribution in [0, 0.1) is 0 Å². The van der Waals surface area contributed by atoms with Gasteiger partial charge in [-0.25, -0.2) is 4.79 Å². The molecule has 1 N–H and O–H groups in total. The number of carboxylic acid groups (broad SMARTS) is 1. The first-order valence-electron chi connectivity index (χ1n) is 7.47. The van der Waals surface area contributed by atoms with Gasteiger partial charge >= 0.3 is 5.97 Å². The molecule has 1 unspecified atom stereocenters. The quantitative estimate of drug-likeness (QED) is 0.614. The zero-order valence-electron chi connectivity index (χ0n) is 12.8. The van der Waals surface area contributed by atoms with Crippen molar-refractivity contribution in [1.82, 2.24) is 0 Å². The van der Waals surface area contributed by atoms with E-state index in [2.05, 4.69) is 0 Å². The number of carboxylic acids is 1. The van der Waals surface area contributed by atoms with Crippen LogP contribution >= 0.6 is 11.8 Å². The minimum Gasteiger partial charge on any atom is -0.491 e. The van der Waals surface area contributed by atoms with Crippen molar-refractivity contribution in [2.45, 2.75) is 11.4 Å². The van der Waals surface area contributed by atoms with Crippen molar-refractivity contribution >= 4 is 34.3 Å². The highest BCUT2D eigenvalue weighted by atomic mass is 32.2. The van der Waals surface area contributed by atoms with Crippen molar-refractivity contribution < 1.29 is 24.2 Å². The Hall–Kier alpha value is -2.31. The molecular formula is C18H16O5S. The lowest BCUT2D eigenvalue weighted by atomic mass is 10.1. The van der Waals surface area contributed by atoms with Crippen LogP contribution in [0.3, 0.4) is 0 Å². The highest BCUT2D eigenvalue weighted by Gasteiger charge is 2.44.